The van der Waals surface area contributed by atoms with Gasteiger partial charge in [-0.3, -0.25) is 14.5 Å². The number of halogens is 6. The maximum atomic E-state index is 13.6. The van der Waals surface area contributed by atoms with E-state index >= 15 is 0 Å². The van der Waals surface area contributed by atoms with Crippen LogP contribution in [0.15, 0.2) is 64.9 Å². The quantitative estimate of drug-likeness (QED) is 0.177. The predicted octanol–water partition coefficient (Wildman–Crippen LogP) is 7.26. The van der Waals surface area contributed by atoms with Crippen molar-refractivity contribution in [1.29, 1.82) is 0 Å². The lowest BCUT2D eigenvalue weighted by molar-refractivity contribution is -0.274. The Balaban J connectivity index is 1.76. The second-order valence-electron chi connectivity index (χ2n) is 9.09. The minimum absolute atomic E-state index is 0.178. The lowest BCUT2D eigenvalue weighted by Crippen LogP contribution is -2.33. The summed E-state index contributed by atoms with van der Waals surface area (Å²) in [5.74, 6) is -2.83. The fourth-order valence-corrected chi connectivity index (χ4v) is 5.20. The summed E-state index contributed by atoms with van der Waals surface area (Å²) in [7, 11) is 0. The van der Waals surface area contributed by atoms with Crippen LogP contribution in [0, 0.1) is 0 Å². The number of nitrogens with zero attached hydrogens (tertiary/aromatic N) is 1. The summed E-state index contributed by atoms with van der Waals surface area (Å²) < 4.78 is 80.7. The van der Waals surface area contributed by atoms with Gasteiger partial charge in [-0.2, -0.15) is 13.2 Å². The summed E-state index contributed by atoms with van der Waals surface area (Å²) in [6.45, 7) is 3.38. The molecule has 0 fully saturated rings. The number of alkyl halides is 6. The van der Waals surface area contributed by atoms with E-state index in [1.165, 1.54) is 23.1 Å². The number of carbonyl (C=O) groups excluding carboxylic acids is 1. The Bertz CT molecular complexity index is 1310. The molecule has 0 bridgehead atoms. The van der Waals surface area contributed by atoms with Crippen LogP contribution in [0.1, 0.15) is 29.9 Å². The Hall–Kier alpha value is -3.23. The van der Waals surface area contributed by atoms with E-state index in [0.717, 1.165) is 15.3 Å². The molecule has 1 aromatic heterocycles. The van der Waals surface area contributed by atoms with Crippen LogP contribution in [0.5, 0.6) is 5.75 Å². The zero-order valence-corrected chi connectivity index (χ0v) is 22.7. The van der Waals surface area contributed by atoms with Crippen LogP contribution in [0.2, 0.25) is 0 Å². The highest BCUT2D eigenvalue weighted by atomic mass is 32.2. The first kappa shape index (κ1) is 31.3. The molecule has 3 rings (SSSR count). The van der Waals surface area contributed by atoms with Gasteiger partial charge in [-0.25, -0.2) is 0 Å². The van der Waals surface area contributed by atoms with Crippen LogP contribution in [-0.2, 0) is 28.9 Å². The molecule has 0 atom stereocenters. The lowest BCUT2D eigenvalue weighted by Gasteiger charge is -2.23. The van der Waals surface area contributed by atoms with E-state index in [9.17, 15) is 41.0 Å². The van der Waals surface area contributed by atoms with Gasteiger partial charge in [0, 0.05) is 22.9 Å². The van der Waals surface area contributed by atoms with Gasteiger partial charge in [0.2, 0.25) is 5.91 Å². The Kier molecular flexibility index (Phi) is 9.80. The normalized spacial score (nSPS) is 12.4. The molecule has 0 aliphatic rings. The van der Waals surface area contributed by atoms with Crippen molar-refractivity contribution in [2.75, 3.05) is 11.9 Å². The lowest BCUT2D eigenvalue weighted by atomic mass is 10.1. The Morgan fingerprint density at radius 3 is 2.23 bits per heavy atom. The third-order valence-corrected chi connectivity index (χ3v) is 7.40. The summed E-state index contributed by atoms with van der Waals surface area (Å²) in [5, 5.41) is 13.3. The zero-order chi connectivity index (χ0) is 29.7. The molecule has 2 N–H and O–H groups in total. The molecule has 0 radical (unpaired) electrons. The van der Waals surface area contributed by atoms with Crippen LogP contribution in [0.3, 0.4) is 0 Å². The van der Waals surface area contributed by atoms with Crippen molar-refractivity contribution in [2.24, 2.45) is 0 Å². The second kappa shape index (κ2) is 12.5. The summed E-state index contributed by atoms with van der Waals surface area (Å²) >= 11 is 2.59. The van der Waals surface area contributed by atoms with E-state index < -0.39 is 46.2 Å². The summed E-state index contributed by atoms with van der Waals surface area (Å²) in [5.41, 5.74) is -1.42. The third kappa shape index (κ3) is 9.45. The van der Waals surface area contributed by atoms with Crippen LogP contribution in [0.25, 0.3) is 0 Å². The highest BCUT2D eigenvalue weighted by Gasteiger charge is 2.37. The molecule has 216 valence electrons. The molecule has 0 unspecified atom stereocenters. The topological polar surface area (TPSA) is 78.9 Å². The molecule has 0 aliphatic carbocycles. The minimum atomic E-state index is -5.18. The van der Waals surface area contributed by atoms with Crippen LogP contribution < -0.4 is 10.1 Å². The average molecular weight is 607 g/mol. The summed E-state index contributed by atoms with van der Waals surface area (Å²) in [4.78, 5) is 27.5. The van der Waals surface area contributed by atoms with E-state index in [1.807, 2.05) is 17.5 Å². The first-order chi connectivity index (χ1) is 18.5. The van der Waals surface area contributed by atoms with E-state index in [1.54, 1.807) is 43.0 Å². The number of carboxylic acid groups (broad SMARTS) is 1. The standard InChI is InChI=1S/C26H24F6N2O4S2/c1-24(2,23(36)37)40-18-8-5-16(6-9-18)13-34(14-19-4-3-11-39-19)15-22(35)33-21-10-7-17(38-26(30,31)32)12-20(21)25(27,28)29/h3-12H,13-15H2,1-2H3,(H,33,35)(H,36,37). The number of carboxylic acids is 1. The molecule has 0 saturated heterocycles. The molecule has 0 saturated carbocycles. The maximum Gasteiger partial charge on any atom is 0.573 e. The molecule has 6 nitrogen and oxygen atoms in total. The van der Waals surface area contributed by atoms with Gasteiger partial charge in [0.1, 0.15) is 10.5 Å². The van der Waals surface area contributed by atoms with Crippen LogP contribution >= 0.6 is 23.1 Å². The molecule has 3 aromatic rings. The number of nitrogens with one attached hydrogen (secondary N) is 1. The fraction of sp³-hybridized carbons (Fsp3) is 0.308. The van der Waals surface area contributed by atoms with Crippen LogP contribution in [-0.4, -0.2) is 39.5 Å². The summed E-state index contributed by atoms with van der Waals surface area (Å²) in [6, 6.07) is 12.2. The largest absolute Gasteiger partial charge is 0.573 e. The van der Waals surface area contributed by atoms with E-state index in [-0.39, 0.29) is 19.2 Å². The number of benzene rings is 2. The van der Waals surface area contributed by atoms with Gasteiger partial charge >= 0.3 is 18.5 Å². The second-order valence-corrected chi connectivity index (χ2v) is 11.8. The van der Waals surface area contributed by atoms with Gasteiger partial charge in [-0.05, 0) is 61.2 Å². The number of ether oxygens (including phenoxy) is 1. The van der Waals surface area contributed by atoms with Gasteiger partial charge in [0.05, 0.1) is 17.8 Å². The molecule has 1 heterocycles. The Labute approximate surface area is 233 Å². The number of rotatable bonds is 11. The fourth-order valence-electron chi connectivity index (χ4n) is 3.51. The highest BCUT2D eigenvalue weighted by molar-refractivity contribution is 8.01. The number of aliphatic carboxylic acids is 1. The third-order valence-electron chi connectivity index (χ3n) is 5.35. The smallest absolute Gasteiger partial charge is 0.480 e. The predicted molar refractivity (Wildman–Crippen MR) is 139 cm³/mol. The van der Waals surface area contributed by atoms with Crippen molar-refractivity contribution >= 4 is 40.7 Å². The van der Waals surface area contributed by atoms with Gasteiger partial charge in [-0.1, -0.05) is 18.2 Å². The van der Waals surface area contributed by atoms with Gasteiger partial charge < -0.3 is 15.2 Å². The molecule has 0 spiro atoms. The monoisotopic (exact) mass is 606 g/mol. The van der Waals surface area contributed by atoms with Gasteiger partial charge in [-0.15, -0.1) is 36.3 Å². The first-order valence-electron chi connectivity index (χ1n) is 11.5. The molecule has 2 aromatic carbocycles. The van der Waals surface area contributed by atoms with Crippen molar-refractivity contribution in [3.05, 3.63) is 76.0 Å². The molecular formula is C26H24F6N2O4S2. The number of thioether (sulfide) groups is 1. The molecule has 1 amide bonds. The van der Waals surface area contributed by atoms with E-state index in [4.69, 9.17) is 0 Å². The highest BCUT2D eigenvalue weighted by Crippen LogP contribution is 2.38. The maximum absolute atomic E-state index is 13.6. The summed E-state index contributed by atoms with van der Waals surface area (Å²) in [6.07, 6.45) is -10.2. The van der Waals surface area contributed by atoms with Crippen molar-refractivity contribution in [3.8, 4) is 5.75 Å². The Morgan fingerprint density at radius 1 is 1.00 bits per heavy atom. The van der Waals surface area contributed by atoms with Crippen molar-refractivity contribution in [3.63, 3.8) is 0 Å². The first-order valence-corrected chi connectivity index (χ1v) is 13.2. The van der Waals surface area contributed by atoms with Crippen molar-refractivity contribution < 1.29 is 45.8 Å². The SMILES string of the molecule is CC(C)(Sc1ccc(CN(CC(=O)Nc2ccc(OC(F)(F)F)cc2C(F)(F)F)Cc2cccs2)cc1)C(=O)O. The van der Waals surface area contributed by atoms with E-state index in [0.29, 0.717) is 18.7 Å². The molecule has 0 aliphatic heterocycles. The van der Waals surface area contributed by atoms with Gasteiger partial charge in [0.25, 0.3) is 0 Å². The average Bonchev–Trinajstić information content (AvgIpc) is 3.32. The number of carbonyl (C=O) groups is 2. The van der Waals surface area contributed by atoms with Crippen molar-refractivity contribution in [1.82, 2.24) is 4.90 Å². The zero-order valence-electron chi connectivity index (χ0n) is 21.1. The number of hydrogen-bond acceptors (Lipinski definition) is 6. The van der Waals surface area contributed by atoms with E-state index in [2.05, 4.69) is 10.1 Å². The van der Waals surface area contributed by atoms with Gasteiger partial charge in [0.15, 0.2) is 0 Å². The number of hydrogen-bond donors (Lipinski definition) is 2. The molecule has 40 heavy (non-hydrogen) atoms. The number of anilines is 1. The van der Waals surface area contributed by atoms with Crippen LogP contribution in [0.4, 0.5) is 32.0 Å². The number of amides is 1. The minimum Gasteiger partial charge on any atom is -0.480 e. The van der Waals surface area contributed by atoms with Crippen molar-refractivity contribution in [2.45, 2.75) is 49.1 Å². The Morgan fingerprint density at radius 2 is 1.68 bits per heavy atom. The molecular weight excluding hydrogens is 582 g/mol. The number of thiophene rings is 1. The molecule has 14 heteroatoms.